The van der Waals surface area contributed by atoms with Gasteiger partial charge < -0.3 is 10.6 Å². The van der Waals surface area contributed by atoms with Crippen LogP contribution in [0, 0.1) is 23.3 Å². The number of benzene rings is 2. The second kappa shape index (κ2) is 7.22. The van der Waals surface area contributed by atoms with Gasteiger partial charge in [-0.1, -0.05) is 0 Å². The monoisotopic (exact) mass is 361 g/mol. The highest BCUT2D eigenvalue weighted by atomic mass is 19.2. The quantitative estimate of drug-likeness (QED) is 0.666. The van der Waals surface area contributed by atoms with E-state index in [9.17, 15) is 22.4 Å². The minimum absolute atomic E-state index is 0.0605. The van der Waals surface area contributed by atoms with Crippen molar-refractivity contribution < 1.29 is 22.4 Å². The Kier molecular flexibility index (Phi) is 4.83. The fourth-order valence-electron chi connectivity index (χ4n) is 2.11. The van der Waals surface area contributed by atoms with E-state index in [0.29, 0.717) is 11.4 Å². The summed E-state index contributed by atoms with van der Waals surface area (Å²) in [5.41, 5.74) is 0.737. The molecule has 3 aromatic rings. The SMILES string of the molecule is O=C(Nc1ccc(Nc2ccc(F)c(F)c2)cn1)c1ccc(F)c(F)c1. The Morgan fingerprint density at radius 3 is 2.04 bits per heavy atom. The molecule has 0 atom stereocenters. The summed E-state index contributed by atoms with van der Waals surface area (Å²) in [6.07, 6.45) is 1.36. The number of carbonyl (C=O) groups excluding carboxylic acids is 1. The minimum Gasteiger partial charge on any atom is -0.354 e. The zero-order valence-electron chi connectivity index (χ0n) is 13.1. The number of halogens is 4. The van der Waals surface area contributed by atoms with Crippen molar-refractivity contribution >= 4 is 23.1 Å². The summed E-state index contributed by atoms with van der Waals surface area (Å²) in [6.45, 7) is 0. The van der Waals surface area contributed by atoms with E-state index in [1.807, 2.05) is 0 Å². The molecule has 2 N–H and O–H groups in total. The van der Waals surface area contributed by atoms with Gasteiger partial charge >= 0.3 is 0 Å². The summed E-state index contributed by atoms with van der Waals surface area (Å²) in [5, 5.41) is 5.26. The molecular formula is C18H11F4N3O. The molecule has 0 aliphatic rings. The predicted octanol–water partition coefficient (Wildman–Crippen LogP) is 4.63. The maximum absolute atomic E-state index is 13.2. The van der Waals surface area contributed by atoms with E-state index in [2.05, 4.69) is 15.6 Å². The molecule has 1 heterocycles. The Balaban J connectivity index is 1.68. The lowest BCUT2D eigenvalue weighted by Gasteiger charge is -2.08. The molecule has 26 heavy (non-hydrogen) atoms. The van der Waals surface area contributed by atoms with Crippen LogP contribution in [0.2, 0.25) is 0 Å². The molecule has 1 amide bonds. The Morgan fingerprint density at radius 2 is 1.42 bits per heavy atom. The topological polar surface area (TPSA) is 54.0 Å². The summed E-state index contributed by atoms with van der Waals surface area (Å²) in [4.78, 5) is 16.0. The fraction of sp³-hybridized carbons (Fsp3) is 0. The highest BCUT2D eigenvalue weighted by Crippen LogP contribution is 2.19. The number of hydrogen-bond donors (Lipinski definition) is 2. The van der Waals surface area contributed by atoms with Gasteiger partial charge in [-0.2, -0.15) is 0 Å². The van der Waals surface area contributed by atoms with Gasteiger partial charge in [-0.25, -0.2) is 22.5 Å². The highest BCUT2D eigenvalue weighted by molar-refractivity contribution is 6.03. The summed E-state index contributed by atoms with van der Waals surface area (Å²) in [6, 6.07) is 9.13. The van der Waals surface area contributed by atoms with Crippen LogP contribution >= 0.6 is 0 Å². The van der Waals surface area contributed by atoms with Gasteiger partial charge in [0.1, 0.15) is 5.82 Å². The molecule has 132 valence electrons. The third kappa shape index (κ3) is 3.97. The van der Waals surface area contributed by atoms with Gasteiger partial charge in [0.25, 0.3) is 5.91 Å². The van der Waals surface area contributed by atoms with Crippen molar-refractivity contribution in [1.29, 1.82) is 0 Å². The molecule has 3 rings (SSSR count). The second-order valence-corrected chi connectivity index (χ2v) is 5.27. The number of aromatic nitrogens is 1. The van der Waals surface area contributed by atoms with Crippen LogP contribution in [0.15, 0.2) is 54.7 Å². The van der Waals surface area contributed by atoms with Crippen molar-refractivity contribution in [3.63, 3.8) is 0 Å². The third-order valence-electron chi connectivity index (χ3n) is 3.40. The normalized spacial score (nSPS) is 10.5. The molecule has 1 aromatic heterocycles. The molecule has 0 fully saturated rings. The smallest absolute Gasteiger partial charge is 0.256 e. The number of anilines is 3. The first-order valence-electron chi connectivity index (χ1n) is 7.37. The number of hydrogen-bond acceptors (Lipinski definition) is 3. The van der Waals surface area contributed by atoms with Crippen LogP contribution in [-0.4, -0.2) is 10.9 Å². The Bertz CT molecular complexity index is 961. The van der Waals surface area contributed by atoms with Gasteiger partial charge in [-0.15, -0.1) is 0 Å². The molecule has 0 unspecified atom stereocenters. The summed E-state index contributed by atoms with van der Waals surface area (Å²) in [5.74, 6) is -4.60. The lowest BCUT2D eigenvalue weighted by Crippen LogP contribution is -2.13. The molecule has 0 aliphatic heterocycles. The molecule has 4 nitrogen and oxygen atoms in total. The zero-order valence-corrected chi connectivity index (χ0v) is 13.1. The maximum Gasteiger partial charge on any atom is 0.256 e. The molecule has 0 saturated heterocycles. The number of nitrogens with one attached hydrogen (secondary N) is 2. The first-order chi connectivity index (χ1) is 12.4. The number of carbonyl (C=O) groups is 1. The van der Waals surface area contributed by atoms with E-state index < -0.39 is 29.2 Å². The van der Waals surface area contributed by atoms with Crippen LogP contribution in [0.5, 0.6) is 0 Å². The van der Waals surface area contributed by atoms with Crippen molar-refractivity contribution in [3.05, 3.63) is 83.6 Å². The van der Waals surface area contributed by atoms with Gasteiger partial charge in [0, 0.05) is 17.3 Å². The Labute approximate surface area is 145 Å². The maximum atomic E-state index is 13.2. The number of nitrogens with zero attached hydrogens (tertiary/aromatic N) is 1. The van der Waals surface area contributed by atoms with Crippen molar-refractivity contribution in [2.75, 3.05) is 10.6 Å². The molecule has 2 aromatic carbocycles. The van der Waals surface area contributed by atoms with Crippen LogP contribution in [-0.2, 0) is 0 Å². The van der Waals surface area contributed by atoms with Gasteiger partial charge in [-0.3, -0.25) is 4.79 Å². The highest BCUT2D eigenvalue weighted by Gasteiger charge is 2.10. The lowest BCUT2D eigenvalue weighted by atomic mass is 10.2. The molecule has 0 bridgehead atoms. The fourth-order valence-corrected chi connectivity index (χ4v) is 2.11. The third-order valence-corrected chi connectivity index (χ3v) is 3.40. The zero-order chi connectivity index (χ0) is 18.7. The van der Waals surface area contributed by atoms with E-state index in [1.54, 1.807) is 6.07 Å². The Morgan fingerprint density at radius 1 is 0.769 bits per heavy atom. The summed E-state index contributed by atoms with van der Waals surface area (Å²) < 4.78 is 52.1. The molecule has 0 spiro atoms. The second-order valence-electron chi connectivity index (χ2n) is 5.27. The average molecular weight is 361 g/mol. The van der Waals surface area contributed by atoms with E-state index in [4.69, 9.17) is 0 Å². The number of pyridine rings is 1. The molecule has 0 radical (unpaired) electrons. The van der Waals surface area contributed by atoms with E-state index in [0.717, 1.165) is 30.3 Å². The molecular weight excluding hydrogens is 350 g/mol. The predicted molar refractivity (Wildman–Crippen MR) is 88.2 cm³/mol. The van der Waals surface area contributed by atoms with E-state index in [1.165, 1.54) is 18.3 Å². The van der Waals surface area contributed by atoms with Crippen molar-refractivity contribution in [2.24, 2.45) is 0 Å². The van der Waals surface area contributed by atoms with Crippen molar-refractivity contribution in [2.45, 2.75) is 0 Å². The Hall–Kier alpha value is -3.42. The molecule has 0 aliphatic carbocycles. The summed E-state index contributed by atoms with van der Waals surface area (Å²) >= 11 is 0. The standard InChI is InChI=1S/C18H11F4N3O/c19-13-4-1-10(7-15(13)21)18(26)25-17-6-3-12(9-23-17)24-11-2-5-14(20)16(22)8-11/h1-9,24H,(H,23,25,26). The van der Waals surface area contributed by atoms with Gasteiger partial charge in [0.2, 0.25) is 0 Å². The molecule has 0 saturated carbocycles. The number of rotatable bonds is 4. The van der Waals surface area contributed by atoms with Crippen LogP contribution < -0.4 is 10.6 Å². The lowest BCUT2D eigenvalue weighted by molar-refractivity contribution is 0.102. The van der Waals surface area contributed by atoms with Gasteiger partial charge in [-0.05, 0) is 42.5 Å². The van der Waals surface area contributed by atoms with Crippen LogP contribution in [0.1, 0.15) is 10.4 Å². The summed E-state index contributed by atoms with van der Waals surface area (Å²) in [7, 11) is 0. The van der Waals surface area contributed by atoms with Crippen molar-refractivity contribution in [1.82, 2.24) is 4.98 Å². The van der Waals surface area contributed by atoms with Crippen molar-refractivity contribution in [3.8, 4) is 0 Å². The van der Waals surface area contributed by atoms with Crippen LogP contribution in [0.4, 0.5) is 34.8 Å². The number of amides is 1. The van der Waals surface area contributed by atoms with E-state index in [-0.39, 0.29) is 11.4 Å². The largest absolute Gasteiger partial charge is 0.354 e. The average Bonchev–Trinajstić information content (AvgIpc) is 2.62. The van der Waals surface area contributed by atoms with E-state index >= 15 is 0 Å². The first kappa shape index (κ1) is 17.4. The molecule has 8 heteroatoms. The minimum atomic E-state index is -1.13. The first-order valence-corrected chi connectivity index (χ1v) is 7.37. The van der Waals surface area contributed by atoms with Gasteiger partial charge in [0.05, 0.1) is 11.9 Å². The van der Waals surface area contributed by atoms with Crippen LogP contribution in [0.3, 0.4) is 0 Å². The van der Waals surface area contributed by atoms with Gasteiger partial charge in [0.15, 0.2) is 23.3 Å². The van der Waals surface area contributed by atoms with Crippen LogP contribution in [0.25, 0.3) is 0 Å².